The van der Waals surface area contributed by atoms with Gasteiger partial charge in [0, 0.05) is 30.9 Å². The summed E-state index contributed by atoms with van der Waals surface area (Å²) in [5.41, 5.74) is 1.12. The summed E-state index contributed by atoms with van der Waals surface area (Å²) in [4.78, 5) is 12.1. The zero-order chi connectivity index (χ0) is 10.7. The lowest BCUT2D eigenvalue weighted by Gasteiger charge is -2.23. The Morgan fingerprint density at radius 2 is 1.79 bits per heavy atom. The molecule has 0 saturated heterocycles. The molecule has 0 atom stereocenters. The van der Waals surface area contributed by atoms with Crippen LogP contribution in [0.15, 0.2) is 24.3 Å². The first kappa shape index (κ1) is 10.5. The molecule has 0 radical (unpaired) electrons. The van der Waals surface area contributed by atoms with Crippen molar-refractivity contribution in [2.24, 2.45) is 0 Å². The number of benzene rings is 1. The van der Waals surface area contributed by atoms with E-state index in [-0.39, 0.29) is 10.6 Å². The third-order valence-corrected chi connectivity index (χ3v) is 2.24. The van der Waals surface area contributed by atoms with Gasteiger partial charge in [-0.15, -0.1) is 0 Å². The fourth-order valence-corrected chi connectivity index (χ4v) is 1.11. The van der Waals surface area contributed by atoms with Gasteiger partial charge in [0.25, 0.3) is 5.69 Å². The molecule has 0 aliphatic carbocycles. The molecule has 1 rings (SSSR count). The van der Waals surface area contributed by atoms with E-state index in [0.29, 0.717) is 6.04 Å². The van der Waals surface area contributed by atoms with Gasteiger partial charge in [0.15, 0.2) is 0 Å². The van der Waals surface area contributed by atoms with Crippen molar-refractivity contribution in [2.75, 3.05) is 11.9 Å². The maximum absolute atomic E-state index is 10.4. The lowest BCUT2D eigenvalue weighted by molar-refractivity contribution is -0.384. The summed E-state index contributed by atoms with van der Waals surface area (Å²) in [6.07, 6.45) is 0. The van der Waals surface area contributed by atoms with Crippen LogP contribution in [-0.4, -0.2) is 18.0 Å². The van der Waals surface area contributed by atoms with E-state index < -0.39 is 0 Å². The van der Waals surface area contributed by atoms with Gasteiger partial charge in [-0.2, -0.15) is 0 Å². The van der Waals surface area contributed by atoms with Gasteiger partial charge in [-0.25, -0.2) is 0 Å². The van der Waals surface area contributed by atoms with Crippen LogP contribution < -0.4 is 4.90 Å². The monoisotopic (exact) mass is 194 g/mol. The molecule has 0 aromatic heterocycles. The second-order valence-electron chi connectivity index (χ2n) is 3.48. The molecule has 0 bridgehead atoms. The summed E-state index contributed by atoms with van der Waals surface area (Å²) in [6.45, 7) is 4.14. The highest BCUT2D eigenvalue weighted by Crippen LogP contribution is 2.19. The van der Waals surface area contributed by atoms with E-state index >= 15 is 0 Å². The third-order valence-electron chi connectivity index (χ3n) is 2.24. The predicted molar refractivity (Wildman–Crippen MR) is 56.6 cm³/mol. The average Bonchev–Trinajstić information content (AvgIpc) is 2.16. The molecule has 0 spiro atoms. The van der Waals surface area contributed by atoms with Crippen LogP contribution in [0.25, 0.3) is 0 Å². The number of anilines is 1. The summed E-state index contributed by atoms with van der Waals surface area (Å²) in [7, 11) is 1.96. The minimum atomic E-state index is -0.390. The largest absolute Gasteiger partial charge is 0.372 e. The molecule has 4 nitrogen and oxygen atoms in total. The Morgan fingerprint density at radius 3 is 2.14 bits per heavy atom. The molecule has 0 aliphatic heterocycles. The average molecular weight is 194 g/mol. The van der Waals surface area contributed by atoms with Crippen LogP contribution in [0.4, 0.5) is 11.4 Å². The van der Waals surface area contributed by atoms with Gasteiger partial charge >= 0.3 is 0 Å². The molecular weight excluding hydrogens is 180 g/mol. The number of nitro groups is 1. The fourth-order valence-electron chi connectivity index (χ4n) is 1.11. The quantitative estimate of drug-likeness (QED) is 0.548. The topological polar surface area (TPSA) is 46.4 Å². The summed E-state index contributed by atoms with van der Waals surface area (Å²) >= 11 is 0. The standard InChI is InChI=1S/C10H14N2O2/c1-8(2)11(3)9-4-6-10(7-5-9)12(13)14/h4-8H,1-3H3. The number of hydrogen-bond donors (Lipinski definition) is 0. The smallest absolute Gasteiger partial charge is 0.269 e. The molecule has 14 heavy (non-hydrogen) atoms. The van der Waals surface area contributed by atoms with Crippen LogP contribution in [0.5, 0.6) is 0 Å². The number of nitro benzene ring substituents is 1. The molecule has 0 aliphatic rings. The predicted octanol–water partition coefficient (Wildman–Crippen LogP) is 2.44. The molecule has 0 saturated carbocycles. The summed E-state index contributed by atoms with van der Waals surface area (Å²) in [5.74, 6) is 0. The minimum Gasteiger partial charge on any atom is -0.372 e. The molecule has 1 aromatic carbocycles. The van der Waals surface area contributed by atoms with E-state index in [0.717, 1.165) is 5.69 Å². The van der Waals surface area contributed by atoms with E-state index in [1.54, 1.807) is 12.1 Å². The second kappa shape index (κ2) is 4.09. The van der Waals surface area contributed by atoms with E-state index in [1.165, 1.54) is 12.1 Å². The van der Waals surface area contributed by atoms with Crippen molar-refractivity contribution in [3.8, 4) is 0 Å². The lowest BCUT2D eigenvalue weighted by atomic mass is 10.2. The summed E-state index contributed by atoms with van der Waals surface area (Å²) in [5, 5.41) is 10.4. The Labute approximate surface area is 83.3 Å². The first-order valence-corrected chi connectivity index (χ1v) is 4.49. The van der Waals surface area contributed by atoms with Crippen LogP contribution in [0.1, 0.15) is 13.8 Å². The summed E-state index contributed by atoms with van der Waals surface area (Å²) < 4.78 is 0. The molecule has 0 heterocycles. The maximum atomic E-state index is 10.4. The molecule has 0 unspecified atom stereocenters. The van der Waals surface area contributed by atoms with E-state index in [9.17, 15) is 10.1 Å². The van der Waals surface area contributed by atoms with Crippen molar-refractivity contribution in [3.05, 3.63) is 34.4 Å². The highest BCUT2D eigenvalue weighted by Gasteiger charge is 2.07. The van der Waals surface area contributed by atoms with Crippen LogP contribution in [0, 0.1) is 10.1 Å². The number of hydrogen-bond acceptors (Lipinski definition) is 3. The van der Waals surface area contributed by atoms with Crippen molar-refractivity contribution >= 4 is 11.4 Å². The molecular formula is C10H14N2O2. The molecule has 0 N–H and O–H groups in total. The van der Waals surface area contributed by atoms with Gasteiger partial charge < -0.3 is 4.90 Å². The van der Waals surface area contributed by atoms with Gasteiger partial charge in [0.05, 0.1) is 4.92 Å². The Hall–Kier alpha value is -1.58. The van der Waals surface area contributed by atoms with Crippen LogP contribution >= 0.6 is 0 Å². The highest BCUT2D eigenvalue weighted by atomic mass is 16.6. The van der Waals surface area contributed by atoms with Crippen molar-refractivity contribution in [2.45, 2.75) is 19.9 Å². The van der Waals surface area contributed by atoms with Crippen LogP contribution in [0.3, 0.4) is 0 Å². The maximum Gasteiger partial charge on any atom is 0.269 e. The van der Waals surface area contributed by atoms with E-state index in [4.69, 9.17) is 0 Å². The Bertz CT molecular complexity index is 319. The molecule has 1 aromatic rings. The zero-order valence-electron chi connectivity index (χ0n) is 8.60. The van der Waals surface area contributed by atoms with Gasteiger partial charge in [-0.1, -0.05) is 0 Å². The number of rotatable bonds is 3. The van der Waals surface area contributed by atoms with Crippen molar-refractivity contribution in [1.82, 2.24) is 0 Å². The molecule has 0 amide bonds. The van der Waals surface area contributed by atoms with Gasteiger partial charge in [-0.3, -0.25) is 10.1 Å². The SMILES string of the molecule is CC(C)N(C)c1ccc([N+](=O)[O-])cc1. The second-order valence-corrected chi connectivity index (χ2v) is 3.48. The Morgan fingerprint density at radius 1 is 1.29 bits per heavy atom. The Kier molecular flexibility index (Phi) is 3.06. The van der Waals surface area contributed by atoms with Crippen molar-refractivity contribution in [3.63, 3.8) is 0 Å². The molecule has 76 valence electrons. The van der Waals surface area contributed by atoms with Crippen molar-refractivity contribution in [1.29, 1.82) is 0 Å². The van der Waals surface area contributed by atoms with Gasteiger partial charge in [0.2, 0.25) is 0 Å². The first-order valence-electron chi connectivity index (χ1n) is 4.49. The molecule has 4 heteroatoms. The van der Waals surface area contributed by atoms with E-state index in [1.807, 2.05) is 7.05 Å². The fraction of sp³-hybridized carbons (Fsp3) is 0.400. The van der Waals surface area contributed by atoms with Crippen LogP contribution in [-0.2, 0) is 0 Å². The van der Waals surface area contributed by atoms with Gasteiger partial charge in [0.1, 0.15) is 0 Å². The molecule has 0 fully saturated rings. The third kappa shape index (κ3) is 2.22. The van der Waals surface area contributed by atoms with E-state index in [2.05, 4.69) is 18.7 Å². The van der Waals surface area contributed by atoms with Crippen LogP contribution in [0.2, 0.25) is 0 Å². The minimum absolute atomic E-state index is 0.130. The number of non-ortho nitro benzene ring substituents is 1. The number of nitrogens with zero attached hydrogens (tertiary/aromatic N) is 2. The first-order chi connectivity index (χ1) is 6.52. The normalized spacial score (nSPS) is 10.3. The van der Waals surface area contributed by atoms with Crippen molar-refractivity contribution < 1.29 is 4.92 Å². The summed E-state index contributed by atoms with van der Waals surface area (Å²) in [6, 6.07) is 6.95. The lowest BCUT2D eigenvalue weighted by Crippen LogP contribution is -2.25. The van der Waals surface area contributed by atoms with Gasteiger partial charge in [-0.05, 0) is 26.0 Å². The highest BCUT2D eigenvalue weighted by molar-refractivity contribution is 5.50. The zero-order valence-corrected chi connectivity index (χ0v) is 8.60. The Balaban J connectivity index is 2.88.